The Labute approximate surface area is 225 Å². The lowest BCUT2D eigenvalue weighted by molar-refractivity contribution is 0.267. The molecule has 37 heavy (non-hydrogen) atoms. The molecule has 0 radical (unpaired) electrons. The Hall–Kier alpha value is -2.42. The molecule has 3 rings (SSSR count). The summed E-state index contributed by atoms with van der Waals surface area (Å²) in [5.74, 6) is 2.69. The maximum absolute atomic E-state index is 6.38. The van der Waals surface area contributed by atoms with Gasteiger partial charge in [-0.1, -0.05) is 116 Å². The molecular formula is C34H50O3. The third-order valence-corrected chi connectivity index (χ3v) is 7.16. The van der Waals surface area contributed by atoms with Crippen LogP contribution in [0.2, 0.25) is 0 Å². The van der Waals surface area contributed by atoms with Crippen molar-refractivity contribution in [3.05, 3.63) is 42.5 Å². The summed E-state index contributed by atoms with van der Waals surface area (Å²) in [6.07, 6.45) is 17.6. The van der Waals surface area contributed by atoms with Crippen LogP contribution >= 0.6 is 0 Å². The Kier molecular flexibility index (Phi) is 13.5. The summed E-state index contributed by atoms with van der Waals surface area (Å²) in [6.45, 7) is 8.85. The molecule has 3 aromatic rings. The van der Waals surface area contributed by atoms with E-state index in [1.54, 1.807) is 0 Å². The molecule has 0 saturated carbocycles. The van der Waals surface area contributed by atoms with E-state index in [-0.39, 0.29) is 0 Å². The van der Waals surface area contributed by atoms with Gasteiger partial charge in [-0.15, -0.1) is 0 Å². The number of rotatable bonds is 20. The van der Waals surface area contributed by atoms with Crippen molar-refractivity contribution < 1.29 is 14.2 Å². The van der Waals surface area contributed by atoms with Gasteiger partial charge in [0, 0.05) is 10.8 Å². The van der Waals surface area contributed by atoms with Gasteiger partial charge in [-0.3, -0.25) is 0 Å². The molecule has 0 heterocycles. The topological polar surface area (TPSA) is 27.7 Å². The van der Waals surface area contributed by atoms with E-state index in [1.807, 2.05) is 0 Å². The first-order valence-corrected chi connectivity index (χ1v) is 15.2. The summed E-state index contributed by atoms with van der Waals surface area (Å²) < 4.78 is 18.9. The number of unbranched alkanes of at least 4 members (excludes halogenated alkanes) is 11. The Morgan fingerprint density at radius 1 is 0.432 bits per heavy atom. The fraction of sp³-hybridized carbons (Fsp3) is 0.588. The van der Waals surface area contributed by atoms with Gasteiger partial charge in [0.05, 0.1) is 19.8 Å². The van der Waals surface area contributed by atoms with Crippen LogP contribution < -0.4 is 14.2 Å². The van der Waals surface area contributed by atoms with Crippen molar-refractivity contribution in [2.45, 2.75) is 111 Å². The second kappa shape index (κ2) is 17.2. The van der Waals surface area contributed by atoms with Crippen LogP contribution in [0.5, 0.6) is 17.2 Å². The summed E-state index contributed by atoms with van der Waals surface area (Å²) in [5, 5.41) is 4.58. The average molecular weight is 507 g/mol. The highest BCUT2D eigenvalue weighted by Crippen LogP contribution is 2.45. The minimum Gasteiger partial charge on any atom is -0.494 e. The van der Waals surface area contributed by atoms with E-state index < -0.39 is 0 Å². The molecule has 0 aromatic heterocycles. The van der Waals surface area contributed by atoms with E-state index in [0.29, 0.717) is 13.2 Å². The molecule has 0 bridgehead atoms. The highest BCUT2D eigenvalue weighted by molar-refractivity contribution is 6.14. The second-order valence-corrected chi connectivity index (χ2v) is 10.3. The molecule has 204 valence electrons. The first-order chi connectivity index (χ1) is 18.3. The van der Waals surface area contributed by atoms with Gasteiger partial charge in [0.1, 0.15) is 5.75 Å². The van der Waals surface area contributed by atoms with E-state index >= 15 is 0 Å². The Morgan fingerprint density at radius 2 is 0.919 bits per heavy atom. The third kappa shape index (κ3) is 9.13. The molecule has 0 aliphatic rings. The van der Waals surface area contributed by atoms with Crippen molar-refractivity contribution in [1.82, 2.24) is 0 Å². The predicted molar refractivity (Wildman–Crippen MR) is 160 cm³/mol. The maximum atomic E-state index is 6.38. The van der Waals surface area contributed by atoms with E-state index in [9.17, 15) is 0 Å². The van der Waals surface area contributed by atoms with E-state index in [4.69, 9.17) is 14.2 Å². The number of benzene rings is 3. The van der Waals surface area contributed by atoms with Gasteiger partial charge in [0.25, 0.3) is 0 Å². The molecule has 0 saturated heterocycles. The number of hydrogen-bond acceptors (Lipinski definition) is 3. The van der Waals surface area contributed by atoms with Crippen LogP contribution in [0.3, 0.4) is 0 Å². The third-order valence-electron chi connectivity index (χ3n) is 7.16. The van der Waals surface area contributed by atoms with Crippen molar-refractivity contribution in [2.24, 2.45) is 0 Å². The molecule has 0 spiro atoms. The summed E-state index contributed by atoms with van der Waals surface area (Å²) >= 11 is 0. The molecule has 3 nitrogen and oxygen atoms in total. The van der Waals surface area contributed by atoms with Crippen LogP contribution in [0.4, 0.5) is 0 Å². The highest BCUT2D eigenvalue weighted by atomic mass is 16.5. The van der Waals surface area contributed by atoms with Crippen molar-refractivity contribution in [3.63, 3.8) is 0 Å². The molecule has 3 aromatic carbocycles. The van der Waals surface area contributed by atoms with E-state index in [1.165, 1.54) is 68.6 Å². The van der Waals surface area contributed by atoms with Gasteiger partial charge in [-0.25, -0.2) is 0 Å². The monoisotopic (exact) mass is 506 g/mol. The Bertz CT molecular complexity index is 1040. The molecule has 0 fully saturated rings. The van der Waals surface area contributed by atoms with Crippen LogP contribution in [-0.2, 0) is 0 Å². The standard InChI is InChI=1S/C34H50O3/c1-4-7-10-11-12-13-14-15-16-19-26-35-28-22-23-31-32(27-28)29-20-17-18-21-30(29)33(36-24-8-5-2)34(31)37-25-9-6-3/h17-18,20-23,27H,4-16,19,24-26H2,1-3H3. The first-order valence-electron chi connectivity index (χ1n) is 15.2. The minimum atomic E-state index is 0.699. The first kappa shape index (κ1) is 29.1. The van der Waals surface area contributed by atoms with Crippen molar-refractivity contribution >= 4 is 21.5 Å². The molecule has 3 heteroatoms. The maximum Gasteiger partial charge on any atom is 0.169 e. The zero-order valence-corrected chi connectivity index (χ0v) is 23.8. The predicted octanol–water partition coefficient (Wildman–Crippen LogP) is 10.7. The van der Waals surface area contributed by atoms with Crippen LogP contribution in [0.15, 0.2) is 42.5 Å². The number of fused-ring (bicyclic) bond motifs is 3. The fourth-order valence-corrected chi connectivity index (χ4v) is 4.90. The number of ether oxygens (including phenoxy) is 3. The zero-order valence-electron chi connectivity index (χ0n) is 23.8. The lowest BCUT2D eigenvalue weighted by Crippen LogP contribution is -2.04. The normalized spacial score (nSPS) is 11.3. The second-order valence-electron chi connectivity index (χ2n) is 10.3. The molecule has 0 aliphatic carbocycles. The fourth-order valence-electron chi connectivity index (χ4n) is 4.90. The molecule has 0 amide bonds. The van der Waals surface area contributed by atoms with Gasteiger partial charge in [0.15, 0.2) is 11.5 Å². The number of hydrogen-bond donors (Lipinski definition) is 0. The minimum absolute atomic E-state index is 0.699. The van der Waals surface area contributed by atoms with E-state index in [0.717, 1.165) is 66.7 Å². The van der Waals surface area contributed by atoms with Crippen LogP contribution in [-0.4, -0.2) is 19.8 Å². The average Bonchev–Trinajstić information content (AvgIpc) is 2.93. The summed E-state index contributed by atoms with van der Waals surface area (Å²) in [7, 11) is 0. The van der Waals surface area contributed by atoms with Gasteiger partial charge in [-0.2, -0.15) is 0 Å². The van der Waals surface area contributed by atoms with E-state index in [2.05, 4.69) is 63.2 Å². The summed E-state index contributed by atoms with van der Waals surface area (Å²) in [5.41, 5.74) is 0. The Morgan fingerprint density at radius 3 is 1.51 bits per heavy atom. The van der Waals surface area contributed by atoms with Gasteiger partial charge < -0.3 is 14.2 Å². The van der Waals surface area contributed by atoms with Crippen LogP contribution in [0.25, 0.3) is 21.5 Å². The SMILES string of the molecule is CCCCCCCCCCCCOc1ccc2c(OCCCC)c(OCCCC)c3ccccc3c2c1. The quantitative estimate of drug-likeness (QED) is 0.113. The molecular weight excluding hydrogens is 456 g/mol. The highest BCUT2D eigenvalue weighted by Gasteiger charge is 2.17. The Balaban J connectivity index is 1.66. The van der Waals surface area contributed by atoms with Crippen molar-refractivity contribution in [2.75, 3.05) is 19.8 Å². The smallest absolute Gasteiger partial charge is 0.169 e. The van der Waals surface area contributed by atoms with Crippen molar-refractivity contribution in [3.8, 4) is 17.2 Å². The lowest BCUT2D eigenvalue weighted by atomic mass is 9.99. The van der Waals surface area contributed by atoms with Gasteiger partial charge in [0.2, 0.25) is 0 Å². The molecule has 0 unspecified atom stereocenters. The van der Waals surface area contributed by atoms with Crippen LogP contribution in [0, 0.1) is 0 Å². The van der Waals surface area contributed by atoms with Crippen LogP contribution in [0.1, 0.15) is 111 Å². The summed E-state index contributed by atoms with van der Waals surface area (Å²) in [4.78, 5) is 0. The molecule has 0 N–H and O–H groups in total. The summed E-state index contributed by atoms with van der Waals surface area (Å²) in [6, 6.07) is 15.0. The molecule has 0 aliphatic heterocycles. The lowest BCUT2D eigenvalue weighted by Gasteiger charge is -2.19. The van der Waals surface area contributed by atoms with Crippen molar-refractivity contribution in [1.29, 1.82) is 0 Å². The van der Waals surface area contributed by atoms with Gasteiger partial charge in [-0.05, 0) is 48.2 Å². The zero-order chi connectivity index (χ0) is 26.1. The molecule has 0 atom stereocenters. The largest absolute Gasteiger partial charge is 0.494 e. The van der Waals surface area contributed by atoms with Gasteiger partial charge >= 0.3 is 0 Å².